The normalized spacial score (nSPS) is 11.1. The minimum atomic E-state index is -4.46. The van der Waals surface area contributed by atoms with Crippen LogP contribution >= 0.6 is 22.6 Å². The van der Waals surface area contributed by atoms with Crippen molar-refractivity contribution in [3.8, 4) is 0 Å². The predicted molar refractivity (Wildman–Crippen MR) is 62.2 cm³/mol. The summed E-state index contributed by atoms with van der Waals surface area (Å²) in [5.74, 6) is -0.490. The second kappa shape index (κ2) is 5.52. The molecule has 0 aliphatic carbocycles. The summed E-state index contributed by atoms with van der Waals surface area (Å²) in [7, 11) is 0. The van der Waals surface area contributed by atoms with Crippen LogP contribution in [0, 0.1) is 9.39 Å². The van der Waals surface area contributed by atoms with Gasteiger partial charge in [0.15, 0.2) is 0 Å². The van der Waals surface area contributed by atoms with Gasteiger partial charge in [0, 0.05) is 3.57 Å². The van der Waals surface area contributed by atoms with Gasteiger partial charge in [-0.25, -0.2) is 9.18 Å². The number of rotatable bonds is 2. The third-order valence-corrected chi connectivity index (χ3v) is 2.52. The van der Waals surface area contributed by atoms with Crippen LogP contribution in [-0.4, -0.2) is 18.8 Å². The Kier molecular flexibility index (Phi) is 4.54. The largest absolute Gasteiger partial charge is 0.405 e. The molecular formula is C9H7F4IN2O. The number of hydrogen-bond donors (Lipinski definition) is 2. The van der Waals surface area contributed by atoms with Gasteiger partial charge in [-0.3, -0.25) is 0 Å². The molecule has 0 atom stereocenters. The number of carbonyl (C=O) groups excluding carboxylic acids is 1. The van der Waals surface area contributed by atoms with Crippen molar-refractivity contribution in [2.75, 3.05) is 11.9 Å². The highest BCUT2D eigenvalue weighted by molar-refractivity contribution is 14.1. The average Bonchev–Trinajstić information content (AvgIpc) is 2.18. The van der Waals surface area contributed by atoms with E-state index in [0.29, 0.717) is 3.57 Å². The Hall–Kier alpha value is -1.06. The zero-order valence-electron chi connectivity index (χ0n) is 8.24. The van der Waals surface area contributed by atoms with Crippen LogP contribution in [0.2, 0.25) is 0 Å². The smallest absolute Gasteiger partial charge is 0.329 e. The van der Waals surface area contributed by atoms with E-state index in [1.165, 1.54) is 6.07 Å². The number of halogens is 5. The van der Waals surface area contributed by atoms with Crippen molar-refractivity contribution in [1.29, 1.82) is 0 Å². The number of anilines is 1. The maximum atomic E-state index is 12.7. The number of hydrogen-bond acceptors (Lipinski definition) is 1. The van der Waals surface area contributed by atoms with Crippen molar-refractivity contribution in [2.24, 2.45) is 0 Å². The molecular weight excluding hydrogens is 355 g/mol. The standard InChI is InChI=1S/C9H7F4IN2O/c10-5-1-2-7(6(14)3-5)16-8(17)15-4-9(11,12)13/h1-3H,4H2,(H2,15,16,17). The van der Waals surface area contributed by atoms with Crippen LogP contribution in [0.5, 0.6) is 0 Å². The van der Waals surface area contributed by atoms with E-state index in [1.54, 1.807) is 27.9 Å². The lowest BCUT2D eigenvalue weighted by Crippen LogP contribution is -2.36. The summed E-state index contributed by atoms with van der Waals surface area (Å²) in [6.07, 6.45) is -4.46. The van der Waals surface area contributed by atoms with Crippen molar-refractivity contribution in [3.63, 3.8) is 0 Å². The first-order valence-corrected chi connectivity index (χ1v) is 5.42. The molecule has 0 spiro atoms. The van der Waals surface area contributed by atoms with Gasteiger partial charge < -0.3 is 10.6 Å². The first-order chi connectivity index (χ1) is 7.78. The van der Waals surface area contributed by atoms with Crippen LogP contribution < -0.4 is 10.6 Å². The Morgan fingerprint density at radius 3 is 2.53 bits per heavy atom. The highest BCUT2D eigenvalue weighted by atomic mass is 127. The van der Waals surface area contributed by atoms with Crippen molar-refractivity contribution in [1.82, 2.24) is 5.32 Å². The van der Waals surface area contributed by atoms with Crippen LogP contribution in [0.4, 0.5) is 28.0 Å². The summed E-state index contributed by atoms with van der Waals surface area (Å²) < 4.78 is 48.5. The summed E-state index contributed by atoms with van der Waals surface area (Å²) in [6.45, 7) is -1.42. The molecule has 2 N–H and O–H groups in total. The molecule has 0 bridgehead atoms. The molecule has 0 unspecified atom stereocenters. The first kappa shape index (κ1) is 14.0. The minimum Gasteiger partial charge on any atom is -0.329 e. The molecule has 0 radical (unpaired) electrons. The van der Waals surface area contributed by atoms with Gasteiger partial charge in [0.1, 0.15) is 12.4 Å². The van der Waals surface area contributed by atoms with Crippen LogP contribution in [0.25, 0.3) is 0 Å². The second-order valence-corrected chi connectivity index (χ2v) is 4.21. The fourth-order valence-corrected chi connectivity index (χ4v) is 1.55. The Labute approximate surface area is 108 Å². The summed E-state index contributed by atoms with van der Waals surface area (Å²) >= 11 is 1.76. The Morgan fingerprint density at radius 2 is 2.00 bits per heavy atom. The van der Waals surface area contributed by atoms with Gasteiger partial charge >= 0.3 is 12.2 Å². The molecule has 17 heavy (non-hydrogen) atoms. The molecule has 0 aliphatic heterocycles. The maximum Gasteiger partial charge on any atom is 0.405 e. The lowest BCUT2D eigenvalue weighted by Gasteiger charge is -2.10. The Bertz CT molecular complexity index is 422. The van der Waals surface area contributed by atoms with Gasteiger partial charge in [0.05, 0.1) is 5.69 Å². The van der Waals surface area contributed by atoms with E-state index in [4.69, 9.17) is 0 Å². The maximum absolute atomic E-state index is 12.7. The number of urea groups is 1. The van der Waals surface area contributed by atoms with E-state index in [1.807, 2.05) is 0 Å². The molecule has 0 heterocycles. The van der Waals surface area contributed by atoms with E-state index in [-0.39, 0.29) is 5.69 Å². The average molecular weight is 362 g/mol. The van der Waals surface area contributed by atoms with E-state index in [2.05, 4.69) is 5.32 Å². The third kappa shape index (κ3) is 5.20. The fraction of sp³-hybridized carbons (Fsp3) is 0.222. The molecule has 8 heteroatoms. The van der Waals surface area contributed by atoms with Gasteiger partial charge in [-0.15, -0.1) is 0 Å². The monoisotopic (exact) mass is 362 g/mol. The summed E-state index contributed by atoms with van der Waals surface area (Å²) in [5.41, 5.74) is 0.242. The molecule has 2 amide bonds. The molecule has 3 nitrogen and oxygen atoms in total. The molecule has 1 aromatic rings. The molecule has 0 saturated carbocycles. The molecule has 1 rings (SSSR count). The number of carbonyl (C=O) groups is 1. The quantitative estimate of drug-likeness (QED) is 0.616. The Morgan fingerprint density at radius 1 is 1.35 bits per heavy atom. The van der Waals surface area contributed by atoms with Crippen molar-refractivity contribution in [2.45, 2.75) is 6.18 Å². The highest BCUT2D eigenvalue weighted by Gasteiger charge is 2.27. The van der Waals surface area contributed by atoms with Crippen LogP contribution in [0.15, 0.2) is 18.2 Å². The predicted octanol–water partition coefficient (Wildman–Crippen LogP) is 3.11. The number of nitrogens with one attached hydrogen (secondary N) is 2. The Balaban J connectivity index is 2.57. The number of benzene rings is 1. The van der Waals surface area contributed by atoms with E-state index >= 15 is 0 Å². The van der Waals surface area contributed by atoms with Crippen LogP contribution in [0.1, 0.15) is 0 Å². The highest BCUT2D eigenvalue weighted by Crippen LogP contribution is 2.19. The topological polar surface area (TPSA) is 41.1 Å². The van der Waals surface area contributed by atoms with Gasteiger partial charge in [-0.05, 0) is 40.8 Å². The number of amides is 2. The van der Waals surface area contributed by atoms with Crippen LogP contribution in [-0.2, 0) is 0 Å². The van der Waals surface area contributed by atoms with Gasteiger partial charge in [-0.1, -0.05) is 0 Å². The zero-order valence-corrected chi connectivity index (χ0v) is 10.4. The van der Waals surface area contributed by atoms with Gasteiger partial charge in [0.2, 0.25) is 0 Å². The van der Waals surface area contributed by atoms with Crippen molar-refractivity contribution in [3.05, 3.63) is 27.6 Å². The first-order valence-electron chi connectivity index (χ1n) is 4.34. The van der Waals surface area contributed by atoms with E-state index in [9.17, 15) is 22.4 Å². The van der Waals surface area contributed by atoms with Gasteiger partial charge in [-0.2, -0.15) is 13.2 Å². The molecule has 1 aromatic carbocycles. The molecule has 0 saturated heterocycles. The van der Waals surface area contributed by atoms with Crippen LogP contribution in [0.3, 0.4) is 0 Å². The molecule has 0 aliphatic rings. The second-order valence-electron chi connectivity index (χ2n) is 3.05. The summed E-state index contributed by atoms with van der Waals surface area (Å²) in [5, 5.41) is 3.83. The SMILES string of the molecule is O=C(NCC(F)(F)F)Nc1ccc(F)cc1I. The fourth-order valence-electron chi connectivity index (χ4n) is 0.938. The molecule has 0 aromatic heterocycles. The number of alkyl halides is 3. The third-order valence-electron chi connectivity index (χ3n) is 1.63. The lowest BCUT2D eigenvalue weighted by atomic mass is 10.3. The summed E-state index contributed by atoms with van der Waals surface area (Å²) in [6, 6.07) is 2.53. The lowest BCUT2D eigenvalue weighted by molar-refractivity contribution is -0.122. The van der Waals surface area contributed by atoms with Gasteiger partial charge in [0.25, 0.3) is 0 Å². The van der Waals surface area contributed by atoms with Crippen molar-refractivity contribution < 1.29 is 22.4 Å². The zero-order chi connectivity index (χ0) is 13.1. The molecule has 0 fully saturated rings. The summed E-state index contributed by atoms with van der Waals surface area (Å²) in [4.78, 5) is 11.1. The van der Waals surface area contributed by atoms with Crippen molar-refractivity contribution >= 4 is 34.3 Å². The minimum absolute atomic E-state index is 0.242. The molecule has 94 valence electrons. The van der Waals surface area contributed by atoms with E-state index in [0.717, 1.165) is 12.1 Å². The van der Waals surface area contributed by atoms with E-state index < -0.39 is 24.6 Å².